The Balaban J connectivity index is 2.61. The second-order valence-corrected chi connectivity index (χ2v) is 7.19. The lowest BCUT2D eigenvalue weighted by Gasteiger charge is -2.41. The molecule has 0 amide bonds. The Morgan fingerprint density at radius 2 is 1.81 bits per heavy atom. The molecule has 2 rings (SSSR count). The van der Waals surface area contributed by atoms with E-state index in [0.717, 1.165) is 5.69 Å². The van der Waals surface area contributed by atoms with Crippen LogP contribution in [0.3, 0.4) is 0 Å². The highest BCUT2D eigenvalue weighted by Crippen LogP contribution is 2.34. The molecule has 1 aliphatic rings. The number of nitrogens with zero attached hydrogens (tertiary/aromatic N) is 1. The summed E-state index contributed by atoms with van der Waals surface area (Å²) in [5.74, 6) is 0.210. The molecule has 88 valence electrons. The molecule has 0 radical (unpaired) electrons. The van der Waals surface area contributed by atoms with Gasteiger partial charge in [-0.25, -0.2) is 8.42 Å². The fraction of sp³-hybridized carbons (Fsp3) is 0.500. The highest BCUT2D eigenvalue weighted by molar-refractivity contribution is 7.91. The number of para-hydroxylation sites is 1. The third kappa shape index (κ3) is 1.82. The smallest absolute Gasteiger partial charge is 0.182 e. The van der Waals surface area contributed by atoms with Crippen molar-refractivity contribution in [3.8, 4) is 0 Å². The van der Waals surface area contributed by atoms with E-state index in [2.05, 4.69) is 25.7 Å². The van der Waals surface area contributed by atoms with Gasteiger partial charge in [0.25, 0.3) is 0 Å². The summed E-state index contributed by atoms with van der Waals surface area (Å²) in [6, 6.07) is 7.25. The Morgan fingerprint density at radius 3 is 2.44 bits per heavy atom. The number of fused-ring (bicyclic) bond motifs is 1. The lowest BCUT2D eigenvalue weighted by Crippen LogP contribution is -2.47. The molecule has 4 heteroatoms. The second-order valence-electron chi connectivity index (χ2n) is 5.11. The van der Waals surface area contributed by atoms with Crippen molar-refractivity contribution in [2.24, 2.45) is 0 Å². The Bertz CT molecular complexity index is 500. The minimum atomic E-state index is -3.08. The first-order valence-electron chi connectivity index (χ1n) is 5.42. The summed E-state index contributed by atoms with van der Waals surface area (Å²) in [4.78, 5) is 2.62. The van der Waals surface area contributed by atoms with E-state index < -0.39 is 9.84 Å². The Hall–Kier alpha value is -1.03. The molecule has 0 bridgehead atoms. The van der Waals surface area contributed by atoms with E-state index in [9.17, 15) is 8.42 Å². The Labute approximate surface area is 97.0 Å². The fourth-order valence-electron chi connectivity index (χ4n) is 2.08. The molecule has 1 heterocycles. The summed E-state index contributed by atoms with van der Waals surface area (Å²) >= 11 is 0. The van der Waals surface area contributed by atoms with E-state index in [1.807, 2.05) is 12.1 Å². The molecule has 0 atom stereocenters. The monoisotopic (exact) mass is 239 g/mol. The van der Waals surface area contributed by atoms with Crippen molar-refractivity contribution in [3.63, 3.8) is 0 Å². The number of benzene rings is 1. The minimum Gasteiger partial charge on any atom is -0.365 e. The third-order valence-electron chi connectivity index (χ3n) is 2.88. The van der Waals surface area contributed by atoms with E-state index >= 15 is 0 Å². The van der Waals surface area contributed by atoms with Gasteiger partial charge in [-0.2, -0.15) is 0 Å². The molecule has 1 aromatic carbocycles. The van der Waals surface area contributed by atoms with Gasteiger partial charge in [0, 0.05) is 12.1 Å². The summed E-state index contributed by atoms with van der Waals surface area (Å²) in [6.07, 6.45) is 0. The quantitative estimate of drug-likeness (QED) is 0.695. The zero-order valence-electron chi connectivity index (χ0n) is 9.90. The lowest BCUT2D eigenvalue weighted by atomic mass is 10.0. The maximum absolute atomic E-state index is 11.9. The van der Waals surface area contributed by atoms with E-state index in [-0.39, 0.29) is 11.3 Å². The predicted octanol–water partition coefficient (Wildman–Crippen LogP) is 2.08. The van der Waals surface area contributed by atoms with Gasteiger partial charge in [0.1, 0.15) is 0 Å². The van der Waals surface area contributed by atoms with Crippen LogP contribution in [0.1, 0.15) is 20.8 Å². The summed E-state index contributed by atoms with van der Waals surface area (Å²) in [5.41, 5.74) is 0.785. The van der Waals surface area contributed by atoms with Crippen molar-refractivity contribution in [2.45, 2.75) is 31.2 Å². The van der Waals surface area contributed by atoms with Gasteiger partial charge >= 0.3 is 0 Å². The van der Waals surface area contributed by atoms with E-state index in [4.69, 9.17) is 0 Å². The zero-order valence-corrected chi connectivity index (χ0v) is 10.7. The van der Waals surface area contributed by atoms with Gasteiger partial charge in [0.15, 0.2) is 9.84 Å². The standard InChI is InChI=1S/C12H17NO2S/c1-12(2,3)13-8-9-16(14,15)11-7-5-4-6-10(11)13/h4-7H,8-9H2,1-3H3. The SMILES string of the molecule is CC(C)(C)N1CCS(=O)(=O)c2ccccc21. The van der Waals surface area contributed by atoms with Crippen LogP contribution >= 0.6 is 0 Å². The number of anilines is 1. The van der Waals surface area contributed by atoms with Crippen LogP contribution in [0.4, 0.5) is 5.69 Å². The molecular weight excluding hydrogens is 222 g/mol. The number of sulfone groups is 1. The van der Waals surface area contributed by atoms with E-state index in [0.29, 0.717) is 11.4 Å². The van der Waals surface area contributed by atoms with Crippen molar-refractivity contribution in [1.82, 2.24) is 0 Å². The van der Waals surface area contributed by atoms with Crippen molar-refractivity contribution in [3.05, 3.63) is 24.3 Å². The van der Waals surface area contributed by atoms with Crippen LogP contribution in [0.5, 0.6) is 0 Å². The molecule has 0 fully saturated rings. The molecule has 3 nitrogen and oxygen atoms in total. The Morgan fingerprint density at radius 1 is 1.19 bits per heavy atom. The number of hydrogen-bond acceptors (Lipinski definition) is 3. The van der Waals surface area contributed by atoms with E-state index in [1.165, 1.54) is 0 Å². The highest BCUT2D eigenvalue weighted by Gasteiger charge is 2.33. The molecule has 16 heavy (non-hydrogen) atoms. The summed E-state index contributed by atoms with van der Waals surface area (Å²) in [6.45, 7) is 6.87. The highest BCUT2D eigenvalue weighted by atomic mass is 32.2. The number of rotatable bonds is 0. The van der Waals surface area contributed by atoms with Crippen LogP contribution in [0.15, 0.2) is 29.2 Å². The molecule has 0 N–H and O–H groups in total. The Kier molecular flexibility index (Phi) is 2.49. The predicted molar refractivity (Wildman–Crippen MR) is 65.6 cm³/mol. The lowest BCUT2D eigenvalue weighted by molar-refractivity contribution is 0.500. The van der Waals surface area contributed by atoms with Crippen LogP contribution in [-0.4, -0.2) is 26.3 Å². The molecule has 0 spiro atoms. The number of hydrogen-bond donors (Lipinski definition) is 0. The summed E-state index contributed by atoms with van der Waals surface area (Å²) in [7, 11) is -3.08. The first-order chi connectivity index (χ1) is 7.32. The van der Waals surface area contributed by atoms with Crippen LogP contribution in [0, 0.1) is 0 Å². The largest absolute Gasteiger partial charge is 0.365 e. The van der Waals surface area contributed by atoms with Crippen molar-refractivity contribution in [1.29, 1.82) is 0 Å². The maximum atomic E-state index is 11.9. The molecule has 0 saturated heterocycles. The van der Waals surface area contributed by atoms with Gasteiger partial charge in [-0.05, 0) is 32.9 Å². The molecule has 1 aromatic rings. The minimum absolute atomic E-state index is 0.0496. The maximum Gasteiger partial charge on any atom is 0.182 e. The summed E-state index contributed by atoms with van der Waals surface area (Å²) in [5, 5.41) is 0. The van der Waals surface area contributed by atoms with Gasteiger partial charge in [-0.3, -0.25) is 0 Å². The fourth-order valence-corrected chi connectivity index (χ4v) is 3.51. The van der Waals surface area contributed by atoms with Crippen LogP contribution in [0.25, 0.3) is 0 Å². The average Bonchev–Trinajstić information content (AvgIpc) is 2.16. The van der Waals surface area contributed by atoms with Crippen LogP contribution in [0.2, 0.25) is 0 Å². The molecule has 0 unspecified atom stereocenters. The van der Waals surface area contributed by atoms with E-state index in [1.54, 1.807) is 12.1 Å². The summed E-state index contributed by atoms with van der Waals surface area (Å²) < 4.78 is 23.8. The van der Waals surface area contributed by atoms with Gasteiger partial charge in [0.2, 0.25) is 0 Å². The van der Waals surface area contributed by atoms with Crippen LogP contribution < -0.4 is 4.90 Å². The molecule has 0 aliphatic carbocycles. The molecule has 1 aliphatic heterocycles. The molecule has 0 aromatic heterocycles. The van der Waals surface area contributed by atoms with Crippen molar-refractivity contribution in [2.75, 3.05) is 17.2 Å². The zero-order chi connectivity index (χ0) is 12.0. The van der Waals surface area contributed by atoms with Gasteiger partial charge in [-0.1, -0.05) is 12.1 Å². The second kappa shape index (κ2) is 3.48. The van der Waals surface area contributed by atoms with Crippen LogP contribution in [-0.2, 0) is 9.84 Å². The van der Waals surface area contributed by atoms with Crippen molar-refractivity contribution < 1.29 is 8.42 Å². The van der Waals surface area contributed by atoms with Gasteiger partial charge in [0.05, 0.1) is 16.3 Å². The molecular formula is C12H17NO2S. The topological polar surface area (TPSA) is 37.4 Å². The first-order valence-corrected chi connectivity index (χ1v) is 7.07. The average molecular weight is 239 g/mol. The van der Waals surface area contributed by atoms with Gasteiger partial charge in [-0.15, -0.1) is 0 Å². The third-order valence-corrected chi connectivity index (χ3v) is 4.62. The van der Waals surface area contributed by atoms with Gasteiger partial charge < -0.3 is 4.90 Å². The normalized spacial score (nSPS) is 19.3. The first kappa shape index (κ1) is 11.5. The molecule has 0 saturated carbocycles. The van der Waals surface area contributed by atoms with Crippen molar-refractivity contribution >= 4 is 15.5 Å².